The Morgan fingerprint density at radius 1 is 0.370 bits per heavy atom. The van der Waals surface area contributed by atoms with E-state index in [2.05, 4.69) is 0 Å². The van der Waals surface area contributed by atoms with Crippen LogP contribution in [0.4, 0.5) is 0 Å². The fourth-order valence-corrected chi connectivity index (χ4v) is 6.51. The molecular formula is C46H70O8. The highest BCUT2D eigenvalue weighted by molar-refractivity contribution is 5.87. The van der Waals surface area contributed by atoms with Crippen molar-refractivity contribution in [1.82, 2.24) is 0 Å². The molecule has 0 aliphatic rings. The second-order valence-corrected chi connectivity index (χ2v) is 14.7. The lowest BCUT2D eigenvalue weighted by molar-refractivity contribution is -0.138. The number of rotatable bonds is 33. The summed E-state index contributed by atoms with van der Waals surface area (Å²) >= 11 is 0. The van der Waals surface area contributed by atoms with Crippen LogP contribution in [0.25, 0.3) is 12.2 Å². The fraction of sp³-hybridized carbons (Fsp3) is 0.609. The lowest BCUT2D eigenvalue weighted by Crippen LogP contribution is -2.02. The molecule has 0 amide bonds. The quantitative estimate of drug-likeness (QED) is 0.0245. The van der Waals surface area contributed by atoms with Gasteiger partial charge in [-0.15, -0.1) is 0 Å². The molecule has 0 saturated carbocycles. The van der Waals surface area contributed by atoms with E-state index in [9.17, 15) is 30.0 Å². The van der Waals surface area contributed by atoms with E-state index >= 15 is 0 Å². The van der Waals surface area contributed by atoms with E-state index in [0.717, 1.165) is 25.7 Å². The van der Waals surface area contributed by atoms with Crippen molar-refractivity contribution in [1.29, 1.82) is 0 Å². The van der Waals surface area contributed by atoms with Crippen molar-refractivity contribution >= 4 is 24.1 Å². The molecule has 2 aromatic carbocycles. The Hall–Kier alpha value is -3.94. The Morgan fingerprint density at radius 2 is 0.611 bits per heavy atom. The van der Waals surface area contributed by atoms with Gasteiger partial charge in [-0.3, -0.25) is 0 Å². The van der Waals surface area contributed by atoms with Crippen molar-refractivity contribution < 1.29 is 39.5 Å². The first kappa shape index (κ1) is 46.2. The smallest absolute Gasteiger partial charge is 0.330 e. The van der Waals surface area contributed by atoms with Crippen LogP contribution in [0.2, 0.25) is 0 Å². The van der Waals surface area contributed by atoms with E-state index in [0.29, 0.717) is 24.3 Å². The summed E-state index contributed by atoms with van der Waals surface area (Å²) in [5, 5.41) is 37.7. The zero-order chi connectivity index (χ0) is 38.9. The molecule has 0 unspecified atom stereocenters. The third kappa shape index (κ3) is 25.1. The van der Waals surface area contributed by atoms with Crippen LogP contribution < -0.4 is 0 Å². The predicted molar refractivity (Wildman–Crippen MR) is 220 cm³/mol. The summed E-state index contributed by atoms with van der Waals surface area (Å²) in [6, 6.07) is 8.80. The lowest BCUT2D eigenvalue weighted by Gasteiger charge is -2.05. The lowest BCUT2D eigenvalue weighted by atomic mass is 10.0. The van der Waals surface area contributed by atoms with Crippen LogP contribution in [-0.4, -0.2) is 45.6 Å². The number of esters is 2. The van der Waals surface area contributed by atoms with Gasteiger partial charge in [0, 0.05) is 12.2 Å². The number of phenols is 4. The van der Waals surface area contributed by atoms with E-state index in [4.69, 9.17) is 9.47 Å². The summed E-state index contributed by atoms with van der Waals surface area (Å²) in [5.41, 5.74) is 1.25. The van der Waals surface area contributed by atoms with E-state index < -0.39 is 11.9 Å². The van der Waals surface area contributed by atoms with Crippen molar-refractivity contribution in [3.63, 3.8) is 0 Å². The van der Waals surface area contributed by atoms with Gasteiger partial charge in [-0.1, -0.05) is 166 Å². The maximum atomic E-state index is 11.8. The molecule has 0 aliphatic heterocycles. The molecule has 0 spiro atoms. The van der Waals surface area contributed by atoms with Gasteiger partial charge in [0.2, 0.25) is 0 Å². The summed E-state index contributed by atoms with van der Waals surface area (Å²) < 4.78 is 10.5. The highest BCUT2D eigenvalue weighted by atomic mass is 16.5. The van der Waals surface area contributed by atoms with Gasteiger partial charge in [-0.05, 0) is 60.4 Å². The maximum Gasteiger partial charge on any atom is 0.330 e. The monoisotopic (exact) mass is 751 g/mol. The summed E-state index contributed by atoms with van der Waals surface area (Å²) in [4.78, 5) is 23.7. The van der Waals surface area contributed by atoms with Crippen LogP contribution in [0, 0.1) is 0 Å². The Kier molecular flexibility index (Phi) is 26.9. The molecule has 0 aromatic heterocycles. The molecular weight excluding hydrogens is 680 g/mol. The minimum absolute atomic E-state index is 0.185. The molecule has 4 N–H and O–H groups in total. The van der Waals surface area contributed by atoms with Gasteiger partial charge in [0.15, 0.2) is 23.0 Å². The number of carbonyl (C=O) groups is 2. The maximum absolute atomic E-state index is 11.8. The van der Waals surface area contributed by atoms with E-state index in [1.54, 1.807) is 24.3 Å². The number of unbranched alkanes of at least 4 members (excludes halogenated alkanes) is 25. The minimum Gasteiger partial charge on any atom is -0.504 e. The Morgan fingerprint density at radius 3 is 0.852 bits per heavy atom. The molecule has 2 rings (SSSR count). The van der Waals surface area contributed by atoms with Gasteiger partial charge in [0.1, 0.15) is 0 Å². The van der Waals surface area contributed by atoms with Crippen LogP contribution in [0.3, 0.4) is 0 Å². The van der Waals surface area contributed by atoms with Gasteiger partial charge in [-0.2, -0.15) is 0 Å². The Labute approximate surface area is 325 Å². The molecule has 0 fully saturated rings. The number of hydrogen-bond acceptors (Lipinski definition) is 8. The van der Waals surface area contributed by atoms with Crippen molar-refractivity contribution in [3.8, 4) is 23.0 Å². The van der Waals surface area contributed by atoms with Crippen molar-refractivity contribution in [2.75, 3.05) is 13.2 Å². The number of aromatic hydroxyl groups is 4. The second kappa shape index (κ2) is 31.4. The van der Waals surface area contributed by atoms with E-state index in [1.807, 2.05) is 0 Å². The molecule has 8 nitrogen and oxygen atoms in total. The van der Waals surface area contributed by atoms with Crippen LogP contribution in [0.5, 0.6) is 23.0 Å². The average Bonchev–Trinajstić information content (AvgIpc) is 3.16. The molecule has 0 bridgehead atoms. The number of carbonyl (C=O) groups excluding carboxylic acids is 2. The Bertz CT molecular complexity index is 1230. The number of benzene rings is 2. The molecule has 0 atom stereocenters. The summed E-state index contributed by atoms with van der Waals surface area (Å²) in [5.74, 6) is -1.58. The van der Waals surface area contributed by atoms with Crippen molar-refractivity contribution in [2.24, 2.45) is 0 Å². The third-order valence-electron chi connectivity index (χ3n) is 9.85. The summed E-state index contributed by atoms with van der Waals surface area (Å²) in [7, 11) is 0. The zero-order valence-corrected chi connectivity index (χ0v) is 33.0. The fourth-order valence-electron chi connectivity index (χ4n) is 6.51. The SMILES string of the molecule is O=C(C=Cc1ccc(O)c(O)c1)OCCCCCCCCCCCCCCCCCCCCCCCCCCCCOC(=O)C=Cc1ccc(O)c(O)c1. The van der Waals surface area contributed by atoms with E-state index in [-0.39, 0.29) is 23.0 Å². The number of hydrogen-bond donors (Lipinski definition) is 4. The zero-order valence-electron chi connectivity index (χ0n) is 33.0. The summed E-state index contributed by atoms with van der Waals surface area (Å²) in [6.07, 6.45) is 39.2. The van der Waals surface area contributed by atoms with Crippen LogP contribution in [0.15, 0.2) is 48.6 Å². The first-order valence-electron chi connectivity index (χ1n) is 21.1. The van der Waals surface area contributed by atoms with Crippen molar-refractivity contribution in [2.45, 2.75) is 167 Å². The highest BCUT2D eigenvalue weighted by Gasteiger charge is 2.03. The topological polar surface area (TPSA) is 134 Å². The highest BCUT2D eigenvalue weighted by Crippen LogP contribution is 2.26. The largest absolute Gasteiger partial charge is 0.504 e. The third-order valence-corrected chi connectivity index (χ3v) is 9.85. The predicted octanol–water partition coefficient (Wildman–Crippen LogP) is 12.5. The standard InChI is InChI=1S/C46H70O8/c47-41-31-27-39(37-43(41)49)29-33-45(51)53-35-25-23-21-19-17-15-13-11-9-7-5-3-1-2-4-6-8-10-12-14-16-18-20-22-24-26-36-54-46(52)34-30-40-28-32-42(48)44(50)38-40/h27-34,37-38,47-50H,1-26,35-36H2. The molecule has 0 saturated heterocycles. The average molecular weight is 751 g/mol. The molecule has 302 valence electrons. The molecule has 0 heterocycles. The van der Waals surface area contributed by atoms with Gasteiger partial charge in [0.05, 0.1) is 13.2 Å². The molecule has 2 aromatic rings. The van der Waals surface area contributed by atoms with Gasteiger partial charge in [0.25, 0.3) is 0 Å². The second-order valence-electron chi connectivity index (χ2n) is 14.7. The van der Waals surface area contributed by atoms with Crippen LogP contribution in [0.1, 0.15) is 178 Å². The Balaban J connectivity index is 1.20. The van der Waals surface area contributed by atoms with Crippen LogP contribution >= 0.6 is 0 Å². The molecule has 8 heteroatoms. The minimum atomic E-state index is -0.391. The first-order valence-corrected chi connectivity index (χ1v) is 21.1. The summed E-state index contributed by atoms with van der Waals surface area (Å²) in [6.45, 7) is 0.861. The molecule has 54 heavy (non-hydrogen) atoms. The van der Waals surface area contributed by atoms with Gasteiger partial charge >= 0.3 is 11.9 Å². The van der Waals surface area contributed by atoms with Crippen molar-refractivity contribution in [3.05, 3.63) is 59.7 Å². The first-order chi connectivity index (χ1) is 26.3. The molecule has 0 radical (unpaired) electrons. The number of ether oxygens (including phenoxy) is 2. The number of phenolic OH excluding ortho intramolecular Hbond substituents is 4. The molecule has 0 aliphatic carbocycles. The normalized spacial score (nSPS) is 11.5. The van der Waals surface area contributed by atoms with E-state index in [1.165, 1.54) is 178 Å². The van der Waals surface area contributed by atoms with Gasteiger partial charge in [-0.25, -0.2) is 9.59 Å². The van der Waals surface area contributed by atoms with Crippen LogP contribution in [-0.2, 0) is 19.1 Å². The van der Waals surface area contributed by atoms with Gasteiger partial charge < -0.3 is 29.9 Å².